The summed E-state index contributed by atoms with van der Waals surface area (Å²) in [4.78, 5) is 27.3. The first-order valence-electron chi connectivity index (χ1n) is 8.88. The summed E-state index contributed by atoms with van der Waals surface area (Å²) in [6.07, 6.45) is 6.91. The van der Waals surface area contributed by atoms with Crippen molar-refractivity contribution in [3.63, 3.8) is 0 Å². The predicted molar refractivity (Wildman–Crippen MR) is 93.0 cm³/mol. The van der Waals surface area contributed by atoms with Crippen molar-refractivity contribution in [1.29, 1.82) is 0 Å². The van der Waals surface area contributed by atoms with E-state index < -0.39 is 6.04 Å². The van der Waals surface area contributed by atoms with Gasteiger partial charge in [0.15, 0.2) is 0 Å². The van der Waals surface area contributed by atoms with Crippen LogP contribution < -0.4 is 5.32 Å². The van der Waals surface area contributed by atoms with Gasteiger partial charge < -0.3 is 14.6 Å². The summed E-state index contributed by atoms with van der Waals surface area (Å²) in [5.41, 5.74) is 3.03. The Hall–Kier alpha value is -2.56. The van der Waals surface area contributed by atoms with Gasteiger partial charge in [-0.3, -0.25) is 9.59 Å². The Morgan fingerprint density at radius 1 is 1.20 bits per heavy atom. The molecule has 1 fully saturated rings. The largest absolute Gasteiger partial charge is 0.472 e. The highest BCUT2D eigenvalue weighted by atomic mass is 16.3. The monoisotopic (exact) mass is 338 g/mol. The molecule has 0 aliphatic heterocycles. The Morgan fingerprint density at radius 2 is 2.00 bits per heavy atom. The summed E-state index contributed by atoms with van der Waals surface area (Å²) < 4.78 is 4.94. The van der Waals surface area contributed by atoms with Crippen LogP contribution in [0.15, 0.2) is 47.3 Å². The van der Waals surface area contributed by atoms with Gasteiger partial charge in [-0.25, -0.2) is 0 Å². The number of hydrogen-bond acceptors (Lipinski definition) is 3. The van der Waals surface area contributed by atoms with Crippen LogP contribution in [0.25, 0.3) is 0 Å². The average molecular weight is 338 g/mol. The van der Waals surface area contributed by atoms with Crippen LogP contribution in [0.5, 0.6) is 0 Å². The molecule has 1 aromatic carbocycles. The number of carbonyl (C=O) groups excluding carboxylic acids is 2. The predicted octanol–water partition coefficient (Wildman–Crippen LogP) is 3.08. The van der Waals surface area contributed by atoms with Gasteiger partial charge in [0.25, 0.3) is 5.91 Å². The summed E-state index contributed by atoms with van der Waals surface area (Å²) in [5.74, 6) is -0.279. The molecule has 2 aliphatic rings. The molecular weight excluding hydrogens is 316 g/mol. The van der Waals surface area contributed by atoms with E-state index in [9.17, 15) is 9.59 Å². The number of aryl methyl sites for hydroxylation is 1. The molecule has 0 spiro atoms. The third-order valence-corrected chi connectivity index (χ3v) is 5.13. The van der Waals surface area contributed by atoms with E-state index in [0.29, 0.717) is 11.6 Å². The molecule has 2 atom stereocenters. The molecule has 1 heterocycles. The van der Waals surface area contributed by atoms with Crippen molar-refractivity contribution in [3.05, 3.63) is 59.5 Å². The van der Waals surface area contributed by atoms with Gasteiger partial charge in [-0.1, -0.05) is 24.3 Å². The zero-order valence-corrected chi connectivity index (χ0v) is 14.3. The van der Waals surface area contributed by atoms with Gasteiger partial charge in [-0.15, -0.1) is 0 Å². The van der Waals surface area contributed by atoms with Gasteiger partial charge in [0.2, 0.25) is 5.91 Å². The number of benzene rings is 1. The first kappa shape index (κ1) is 15.9. The summed E-state index contributed by atoms with van der Waals surface area (Å²) in [6, 6.07) is 9.84. The lowest BCUT2D eigenvalue weighted by molar-refractivity contribution is -0.136. The minimum atomic E-state index is -0.559. The van der Waals surface area contributed by atoms with Crippen molar-refractivity contribution < 1.29 is 14.0 Å². The van der Waals surface area contributed by atoms with Crippen molar-refractivity contribution in [1.82, 2.24) is 10.2 Å². The van der Waals surface area contributed by atoms with Crippen molar-refractivity contribution in [2.24, 2.45) is 0 Å². The molecule has 2 amide bonds. The second-order valence-electron chi connectivity index (χ2n) is 6.94. The number of nitrogens with one attached hydrogen (secondary N) is 1. The Balaban J connectivity index is 1.51. The number of hydrogen-bond donors (Lipinski definition) is 1. The molecule has 1 N–H and O–H groups in total. The third kappa shape index (κ3) is 3.06. The van der Waals surface area contributed by atoms with Crippen molar-refractivity contribution >= 4 is 11.8 Å². The van der Waals surface area contributed by atoms with Gasteiger partial charge in [-0.2, -0.15) is 0 Å². The van der Waals surface area contributed by atoms with E-state index in [2.05, 4.69) is 23.5 Å². The topological polar surface area (TPSA) is 62.6 Å². The maximum Gasteiger partial charge on any atom is 0.255 e. The number of amides is 2. The number of furan rings is 1. The molecule has 0 radical (unpaired) electrons. The first-order chi connectivity index (χ1) is 12.1. The zero-order chi connectivity index (χ0) is 17.4. The van der Waals surface area contributed by atoms with Gasteiger partial charge in [0.05, 0.1) is 17.9 Å². The zero-order valence-electron chi connectivity index (χ0n) is 14.3. The quantitative estimate of drug-likeness (QED) is 0.911. The molecule has 1 saturated carbocycles. The summed E-state index contributed by atoms with van der Waals surface area (Å²) in [7, 11) is 0. The molecule has 5 heteroatoms. The maximum absolute atomic E-state index is 13.1. The first-order valence-corrected chi connectivity index (χ1v) is 8.88. The van der Waals surface area contributed by atoms with Gasteiger partial charge in [0, 0.05) is 6.04 Å². The minimum Gasteiger partial charge on any atom is -0.472 e. The van der Waals surface area contributed by atoms with Crippen LogP contribution in [-0.4, -0.2) is 28.8 Å². The summed E-state index contributed by atoms with van der Waals surface area (Å²) in [6.45, 7) is 1.76. The number of nitrogens with zero attached hydrogens (tertiary/aromatic N) is 1. The van der Waals surface area contributed by atoms with E-state index in [1.54, 1.807) is 13.0 Å². The maximum atomic E-state index is 13.1. The van der Waals surface area contributed by atoms with E-state index >= 15 is 0 Å². The van der Waals surface area contributed by atoms with Gasteiger partial charge in [0.1, 0.15) is 12.3 Å². The van der Waals surface area contributed by atoms with E-state index in [1.165, 1.54) is 23.7 Å². The summed E-state index contributed by atoms with van der Waals surface area (Å²) >= 11 is 0. The molecular formula is C20H22N2O3. The van der Waals surface area contributed by atoms with E-state index in [0.717, 1.165) is 25.7 Å². The molecule has 5 nitrogen and oxygen atoms in total. The molecule has 0 bridgehead atoms. The minimum absolute atomic E-state index is 0.000970. The highest BCUT2D eigenvalue weighted by Crippen LogP contribution is 2.42. The normalized spacial score (nSPS) is 20.0. The Labute approximate surface area is 147 Å². The molecule has 2 aliphatic carbocycles. The van der Waals surface area contributed by atoms with Crippen molar-refractivity contribution in [2.45, 2.75) is 50.7 Å². The second-order valence-corrected chi connectivity index (χ2v) is 6.94. The molecule has 0 unspecified atom stereocenters. The van der Waals surface area contributed by atoms with Crippen LogP contribution in [-0.2, 0) is 11.2 Å². The average Bonchev–Trinajstić information content (AvgIpc) is 3.12. The lowest BCUT2D eigenvalue weighted by atomic mass is 10.1. The van der Waals surface area contributed by atoms with Crippen LogP contribution in [0.4, 0.5) is 0 Å². The smallest absolute Gasteiger partial charge is 0.255 e. The number of rotatable bonds is 5. The lowest BCUT2D eigenvalue weighted by Gasteiger charge is -2.32. The standard InChI is InChI=1S/C20H22N2O3/c1-13(21-19(23)15-10-11-25-12-15)20(24)22(16-7-8-16)18-9-6-14-4-2-3-5-17(14)18/h2-5,10-13,16,18H,6-9H2,1H3,(H,21,23)/t13-,18+/m0/s1. The number of carbonyl (C=O) groups is 2. The fourth-order valence-electron chi connectivity index (χ4n) is 3.72. The van der Waals surface area contributed by atoms with Gasteiger partial charge in [-0.05, 0) is 49.8 Å². The Morgan fingerprint density at radius 3 is 2.72 bits per heavy atom. The lowest BCUT2D eigenvalue weighted by Crippen LogP contribution is -2.48. The fraction of sp³-hybridized carbons (Fsp3) is 0.400. The van der Waals surface area contributed by atoms with Crippen LogP contribution in [0.3, 0.4) is 0 Å². The molecule has 2 aromatic rings. The van der Waals surface area contributed by atoms with Crippen molar-refractivity contribution in [3.8, 4) is 0 Å². The van der Waals surface area contributed by atoms with E-state index in [-0.39, 0.29) is 17.9 Å². The van der Waals surface area contributed by atoms with Crippen LogP contribution in [0, 0.1) is 0 Å². The molecule has 1 aromatic heterocycles. The Kier molecular flexibility index (Phi) is 4.07. The van der Waals surface area contributed by atoms with Crippen LogP contribution in [0.1, 0.15) is 53.7 Å². The fourth-order valence-corrected chi connectivity index (χ4v) is 3.72. The summed E-state index contributed by atoms with van der Waals surface area (Å²) in [5, 5.41) is 2.80. The highest BCUT2D eigenvalue weighted by Gasteiger charge is 2.41. The molecule has 4 rings (SSSR count). The molecule has 130 valence electrons. The SMILES string of the molecule is C[C@H](NC(=O)c1ccoc1)C(=O)N(C1CC1)[C@@H]1CCc2ccccc21. The third-order valence-electron chi connectivity index (χ3n) is 5.13. The van der Waals surface area contributed by atoms with Crippen LogP contribution in [0.2, 0.25) is 0 Å². The van der Waals surface area contributed by atoms with E-state index in [4.69, 9.17) is 4.42 Å². The van der Waals surface area contributed by atoms with E-state index in [1.807, 2.05) is 11.0 Å². The number of fused-ring (bicyclic) bond motifs is 1. The molecule has 0 saturated heterocycles. The molecule has 25 heavy (non-hydrogen) atoms. The highest BCUT2D eigenvalue weighted by molar-refractivity contribution is 5.97. The van der Waals surface area contributed by atoms with Gasteiger partial charge >= 0.3 is 0 Å². The van der Waals surface area contributed by atoms with Crippen LogP contribution >= 0.6 is 0 Å². The second kappa shape index (κ2) is 6.39. The van der Waals surface area contributed by atoms with Crippen molar-refractivity contribution in [2.75, 3.05) is 0 Å². The Bertz CT molecular complexity index is 780.